The molecule has 0 saturated carbocycles. The van der Waals surface area contributed by atoms with Gasteiger partial charge in [-0.3, -0.25) is 0 Å². The van der Waals surface area contributed by atoms with Crippen molar-refractivity contribution in [3.8, 4) is 0 Å². The van der Waals surface area contributed by atoms with Crippen LogP contribution in [0.5, 0.6) is 0 Å². The highest BCUT2D eigenvalue weighted by atomic mass is 16.5. The summed E-state index contributed by atoms with van der Waals surface area (Å²) in [6.45, 7) is 10.3. The monoisotopic (exact) mass is 136 g/mol. The van der Waals surface area contributed by atoms with Gasteiger partial charge in [-0.15, -0.1) is 0 Å². The standard InChI is InChI=1S/C9H12O/c1-4-7(2)9-8(3)5-6-10-9/h4H,1,3,5-6H2,2H3/b9-7+. The fourth-order valence-electron chi connectivity index (χ4n) is 0.977. The summed E-state index contributed by atoms with van der Waals surface area (Å²) in [5.41, 5.74) is 2.18. The largest absolute Gasteiger partial charge is 0.493 e. The molecule has 1 heteroatoms. The molecule has 10 heavy (non-hydrogen) atoms. The normalized spacial score (nSPS) is 22.3. The molecule has 0 amide bonds. The van der Waals surface area contributed by atoms with E-state index in [2.05, 4.69) is 13.2 Å². The van der Waals surface area contributed by atoms with Crippen molar-refractivity contribution in [2.45, 2.75) is 13.3 Å². The van der Waals surface area contributed by atoms with Gasteiger partial charge in [0.15, 0.2) is 0 Å². The SMILES string of the molecule is C=C/C(C)=C1/OCCC1=C. The van der Waals surface area contributed by atoms with E-state index in [1.807, 2.05) is 6.92 Å². The first-order valence-corrected chi connectivity index (χ1v) is 3.40. The third-order valence-corrected chi connectivity index (χ3v) is 1.64. The summed E-state index contributed by atoms with van der Waals surface area (Å²) in [5, 5.41) is 0. The topological polar surface area (TPSA) is 9.23 Å². The molecule has 1 fully saturated rings. The second kappa shape index (κ2) is 2.74. The Morgan fingerprint density at radius 2 is 2.40 bits per heavy atom. The van der Waals surface area contributed by atoms with Crippen molar-refractivity contribution in [2.75, 3.05) is 6.61 Å². The van der Waals surface area contributed by atoms with E-state index < -0.39 is 0 Å². The first-order chi connectivity index (χ1) is 4.75. The van der Waals surface area contributed by atoms with Gasteiger partial charge in [-0.2, -0.15) is 0 Å². The summed E-state index contributed by atoms with van der Waals surface area (Å²) in [6.07, 6.45) is 2.76. The van der Waals surface area contributed by atoms with Gasteiger partial charge in [0.2, 0.25) is 0 Å². The zero-order valence-electron chi connectivity index (χ0n) is 6.31. The highest BCUT2D eigenvalue weighted by Crippen LogP contribution is 2.24. The number of hydrogen-bond acceptors (Lipinski definition) is 1. The smallest absolute Gasteiger partial charge is 0.124 e. The molecule has 0 unspecified atom stereocenters. The van der Waals surface area contributed by atoms with E-state index in [1.165, 1.54) is 0 Å². The quantitative estimate of drug-likeness (QED) is 0.538. The second-order valence-corrected chi connectivity index (χ2v) is 2.42. The second-order valence-electron chi connectivity index (χ2n) is 2.42. The number of allylic oxidation sites excluding steroid dienone is 3. The molecular weight excluding hydrogens is 124 g/mol. The Hall–Kier alpha value is -0.980. The van der Waals surface area contributed by atoms with Crippen molar-refractivity contribution in [1.82, 2.24) is 0 Å². The lowest BCUT2D eigenvalue weighted by Crippen LogP contribution is -1.84. The van der Waals surface area contributed by atoms with Crippen LogP contribution in [0.4, 0.5) is 0 Å². The molecule has 54 valence electrons. The highest BCUT2D eigenvalue weighted by molar-refractivity contribution is 5.34. The summed E-state index contributed by atoms with van der Waals surface area (Å²) in [5.74, 6) is 0.940. The van der Waals surface area contributed by atoms with Crippen LogP contribution in [0.25, 0.3) is 0 Å². The van der Waals surface area contributed by atoms with Gasteiger partial charge in [0.05, 0.1) is 6.61 Å². The maximum absolute atomic E-state index is 5.33. The Labute approximate surface area is 61.7 Å². The molecular formula is C9H12O. The van der Waals surface area contributed by atoms with E-state index in [0.29, 0.717) is 0 Å². The van der Waals surface area contributed by atoms with Crippen LogP contribution in [-0.2, 0) is 4.74 Å². The van der Waals surface area contributed by atoms with Gasteiger partial charge in [-0.05, 0) is 18.1 Å². The number of ether oxygens (including phenoxy) is 1. The highest BCUT2D eigenvalue weighted by Gasteiger charge is 2.13. The van der Waals surface area contributed by atoms with Crippen molar-refractivity contribution >= 4 is 0 Å². The Morgan fingerprint density at radius 1 is 1.70 bits per heavy atom. The van der Waals surface area contributed by atoms with Crippen molar-refractivity contribution in [3.63, 3.8) is 0 Å². The van der Waals surface area contributed by atoms with Crippen LogP contribution in [-0.4, -0.2) is 6.61 Å². The van der Waals surface area contributed by atoms with Crippen LogP contribution in [0.1, 0.15) is 13.3 Å². The lowest BCUT2D eigenvalue weighted by molar-refractivity contribution is 0.263. The van der Waals surface area contributed by atoms with Gasteiger partial charge in [0, 0.05) is 6.42 Å². The van der Waals surface area contributed by atoms with Gasteiger partial charge >= 0.3 is 0 Å². The van der Waals surface area contributed by atoms with Gasteiger partial charge in [-0.1, -0.05) is 19.2 Å². The van der Waals surface area contributed by atoms with Crippen molar-refractivity contribution in [3.05, 3.63) is 36.1 Å². The van der Waals surface area contributed by atoms with E-state index in [-0.39, 0.29) is 0 Å². The molecule has 0 spiro atoms. The molecule has 1 rings (SSSR count). The van der Waals surface area contributed by atoms with E-state index >= 15 is 0 Å². The summed E-state index contributed by atoms with van der Waals surface area (Å²) in [7, 11) is 0. The van der Waals surface area contributed by atoms with Crippen molar-refractivity contribution in [1.29, 1.82) is 0 Å². The van der Waals surface area contributed by atoms with Crippen LogP contribution in [0.3, 0.4) is 0 Å². The molecule has 0 bridgehead atoms. The Balaban J connectivity index is 2.89. The predicted molar refractivity (Wildman–Crippen MR) is 42.6 cm³/mol. The minimum absolute atomic E-state index is 0.777. The summed E-state index contributed by atoms with van der Waals surface area (Å²) < 4.78 is 5.33. The fraction of sp³-hybridized carbons (Fsp3) is 0.333. The molecule has 0 N–H and O–H groups in total. The van der Waals surface area contributed by atoms with Crippen LogP contribution in [0.2, 0.25) is 0 Å². The predicted octanol–water partition coefficient (Wildman–Crippen LogP) is 2.42. The third kappa shape index (κ3) is 1.13. The first-order valence-electron chi connectivity index (χ1n) is 3.40. The van der Waals surface area contributed by atoms with Crippen LogP contribution >= 0.6 is 0 Å². The van der Waals surface area contributed by atoms with Crippen molar-refractivity contribution in [2.24, 2.45) is 0 Å². The molecule has 1 heterocycles. The summed E-state index contributed by atoms with van der Waals surface area (Å²) >= 11 is 0. The molecule has 0 aromatic rings. The van der Waals surface area contributed by atoms with Gasteiger partial charge in [-0.25, -0.2) is 0 Å². The van der Waals surface area contributed by atoms with E-state index in [9.17, 15) is 0 Å². The average Bonchev–Trinajstić information content (AvgIpc) is 2.34. The maximum Gasteiger partial charge on any atom is 0.124 e. The third-order valence-electron chi connectivity index (χ3n) is 1.64. The Morgan fingerprint density at radius 3 is 2.80 bits per heavy atom. The van der Waals surface area contributed by atoms with E-state index in [0.717, 1.165) is 29.9 Å². The molecule has 0 aromatic carbocycles. The minimum Gasteiger partial charge on any atom is -0.493 e. The van der Waals surface area contributed by atoms with Crippen LogP contribution < -0.4 is 0 Å². The van der Waals surface area contributed by atoms with Gasteiger partial charge < -0.3 is 4.74 Å². The Kier molecular flexibility index (Phi) is 1.95. The number of hydrogen-bond donors (Lipinski definition) is 0. The lowest BCUT2D eigenvalue weighted by atomic mass is 10.1. The summed E-state index contributed by atoms with van der Waals surface area (Å²) in [6, 6.07) is 0. The minimum atomic E-state index is 0.777. The molecule has 0 atom stereocenters. The average molecular weight is 136 g/mol. The van der Waals surface area contributed by atoms with E-state index in [1.54, 1.807) is 6.08 Å². The zero-order valence-corrected chi connectivity index (χ0v) is 6.31. The van der Waals surface area contributed by atoms with Crippen molar-refractivity contribution < 1.29 is 4.74 Å². The molecule has 0 radical (unpaired) electrons. The van der Waals surface area contributed by atoms with Crippen LogP contribution in [0.15, 0.2) is 36.1 Å². The lowest BCUT2D eigenvalue weighted by Gasteiger charge is -2.00. The molecule has 1 nitrogen and oxygen atoms in total. The fourth-order valence-corrected chi connectivity index (χ4v) is 0.977. The first kappa shape index (κ1) is 7.13. The molecule has 0 aromatic heterocycles. The van der Waals surface area contributed by atoms with Gasteiger partial charge in [0.1, 0.15) is 5.76 Å². The molecule has 1 saturated heterocycles. The Bertz CT molecular complexity index is 199. The van der Waals surface area contributed by atoms with Crippen LogP contribution in [0, 0.1) is 0 Å². The summed E-state index contributed by atoms with van der Waals surface area (Å²) in [4.78, 5) is 0. The maximum atomic E-state index is 5.33. The van der Waals surface area contributed by atoms with Gasteiger partial charge in [0.25, 0.3) is 0 Å². The molecule has 1 aliphatic rings. The molecule has 1 aliphatic heterocycles. The number of rotatable bonds is 1. The zero-order chi connectivity index (χ0) is 7.56. The van der Waals surface area contributed by atoms with E-state index in [4.69, 9.17) is 4.74 Å². The molecule has 0 aliphatic carbocycles.